The van der Waals surface area contributed by atoms with Crippen molar-refractivity contribution in [3.05, 3.63) is 53.2 Å². The van der Waals surface area contributed by atoms with Gasteiger partial charge in [-0.3, -0.25) is 4.79 Å². The second-order valence-electron chi connectivity index (χ2n) is 9.50. The van der Waals surface area contributed by atoms with E-state index in [0.29, 0.717) is 19.0 Å². The summed E-state index contributed by atoms with van der Waals surface area (Å²) >= 11 is 0. The average Bonchev–Trinajstić information content (AvgIpc) is 2.88. The van der Waals surface area contributed by atoms with Gasteiger partial charge in [0.25, 0.3) is 0 Å². The fraction of sp³-hybridized carbons (Fsp3) is 0.444. The maximum Gasteiger partial charge on any atom is 0.318 e. The number of nitrogens with zero attached hydrogens (tertiary/aromatic N) is 5. The van der Waals surface area contributed by atoms with Crippen LogP contribution >= 0.6 is 0 Å². The normalized spacial score (nSPS) is 15.7. The number of anilines is 2. The van der Waals surface area contributed by atoms with Crippen LogP contribution in [0.4, 0.5) is 11.5 Å². The van der Waals surface area contributed by atoms with Gasteiger partial charge in [-0.05, 0) is 30.4 Å². The highest BCUT2D eigenvalue weighted by Gasteiger charge is 2.27. The molecule has 1 N–H and O–H groups in total. The molecule has 1 amide bonds. The molecule has 1 aromatic heterocycles. The Balaban J connectivity index is 1.46. The molecular weight excluding hydrogens is 440 g/mol. The van der Waals surface area contributed by atoms with Crippen LogP contribution < -0.4 is 19.9 Å². The van der Waals surface area contributed by atoms with Crippen LogP contribution in [0.25, 0.3) is 10.8 Å². The molecule has 0 atom stereocenters. The summed E-state index contributed by atoms with van der Waals surface area (Å²) in [5.41, 5.74) is 4.76. The van der Waals surface area contributed by atoms with E-state index in [1.165, 1.54) is 27.6 Å². The third-order valence-electron chi connectivity index (χ3n) is 6.92. The number of aromatic nitrogens is 2. The first-order valence-electron chi connectivity index (χ1n) is 12.4. The van der Waals surface area contributed by atoms with Crippen molar-refractivity contribution in [2.24, 2.45) is 0 Å². The van der Waals surface area contributed by atoms with E-state index in [9.17, 15) is 4.79 Å². The maximum absolute atomic E-state index is 12.0. The Morgan fingerprint density at radius 1 is 1.06 bits per heavy atom. The van der Waals surface area contributed by atoms with Crippen LogP contribution in [-0.2, 0) is 17.8 Å². The van der Waals surface area contributed by atoms with Crippen LogP contribution in [0.2, 0.25) is 0 Å². The second-order valence-corrected chi connectivity index (χ2v) is 9.50. The molecule has 5 rings (SSSR count). The Morgan fingerprint density at radius 2 is 1.83 bits per heavy atom. The number of aryl methyl sites for hydroxylation is 1. The van der Waals surface area contributed by atoms with Crippen molar-refractivity contribution < 1.29 is 9.53 Å². The Hall–Kier alpha value is -3.39. The number of nitrogens with one attached hydrogen (secondary N) is 1. The summed E-state index contributed by atoms with van der Waals surface area (Å²) in [5, 5.41) is 5.98. The van der Waals surface area contributed by atoms with Crippen LogP contribution in [0.1, 0.15) is 23.2 Å². The molecule has 0 spiro atoms. The molecule has 0 unspecified atom stereocenters. The van der Waals surface area contributed by atoms with Gasteiger partial charge in [-0.1, -0.05) is 30.3 Å². The summed E-state index contributed by atoms with van der Waals surface area (Å²) in [6.45, 7) is 7.76. The van der Waals surface area contributed by atoms with Gasteiger partial charge in [-0.15, -0.1) is 0 Å². The lowest BCUT2D eigenvalue weighted by molar-refractivity contribution is -0.129. The van der Waals surface area contributed by atoms with Crippen LogP contribution in [0.15, 0.2) is 36.4 Å². The van der Waals surface area contributed by atoms with Gasteiger partial charge in [0.15, 0.2) is 0 Å². The molecule has 1 saturated heterocycles. The Kier molecular flexibility index (Phi) is 6.72. The molecule has 184 valence electrons. The standard InChI is InChI=1S/C27H34N6O2/c1-19-6-4-7-20-8-5-9-23(25(19)20)33-14-10-21-22(18-33)29-27(35-17-11-24(34)31(2)3)30-26(21)32-15-12-28-13-16-32/h4-9,28H,10-18H2,1-3H3. The molecule has 0 radical (unpaired) electrons. The van der Waals surface area contributed by atoms with Crippen LogP contribution in [-0.4, -0.2) is 74.2 Å². The second kappa shape index (κ2) is 10.1. The largest absolute Gasteiger partial charge is 0.463 e. The SMILES string of the molecule is Cc1cccc2cccc(N3CCc4c(nc(OCCC(=O)N(C)C)nc4N4CCNCC4)C3)c12. The monoisotopic (exact) mass is 474 g/mol. The lowest BCUT2D eigenvalue weighted by Crippen LogP contribution is -2.45. The minimum atomic E-state index is 0.0304. The number of fused-ring (bicyclic) bond motifs is 2. The van der Waals surface area contributed by atoms with Gasteiger partial charge < -0.3 is 24.8 Å². The molecule has 0 bridgehead atoms. The molecule has 8 heteroatoms. The van der Waals surface area contributed by atoms with E-state index in [0.717, 1.165) is 50.7 Å². The lowest BCUT2D eigenvalue weighted by atomic mass is 9.99. The van der Waals surface area contributed by atoms with E-state index in [1.807, 2.05) is 0 Å². The van der Waals surface area contributed by atoms with Gasteiger partial charge >= 0.3 is 6.01 Å². The van der Waals surface area contributed by atoms with Crippen molar-refractivity contribution in [3.63, 3.8) is 0 Å². The number of hydrogen-bond donors (Lipinski definition) is 1. The Labute approximate surface area is 206 Å². The minimum absolute atomic E-state index is 0.0304. The van der Waals surface area contributed by atoms with E-state index in [4.69, 9.17) is 14.7 Å². The highest BCUT2D eigenvalue weighted by Crippen LogP contribution is 2.35. The number of amides is 1. The van der Waals surface area contributed by atoms with Crippen LogP contribution in [0.3, 0.4) is 0 Å². The van der Waals surface area contributed by atoms with Crippen LogP contribution in [0.5, 0.6) is 6.01 Å². The number of carbonyl (C=O) groups excluding carboxylic acids is 1. The Bertz CT molecular complexity index is 1220. The summed E-state index contributed by atoms with van der Waals surface area (Å²) < 4.78 is 5.92. The smallest absolute Gasteiger partial charge is 0.318 e. The summed E-state index contributed by atoms with van der Waals surface area (Å²) in [6, 6.07) is 13.3. The zero-order valence-electron chi connectivity index (χ0n) is 20.9. The molecule has 35 heavy (non-hydrogen) atoms. The highest BCUT2D eigenvalue weighted by atomic mass is 16.5. The fourth-order valence-electron chi connectivity index (χ4n) is 5.02. The maximum atomic E-state index is 12.0. The number of hydrogen-bond acceptors (Lipinski definition) is 7. The summed E-state index contributed by atoms with van der Waals surface area (Å²) in [6.07, 6.45) is 1.19. The van der Waals surface area contributed by atoms with Gasteiger partial charge in [0.05, 0.1) is 18.7 Å². The van der Waals surface area contributed by atoms with Gasteiger partial charge in [0.2, 0.25) is 5.91 Å². The molecule has 2 aromatic carbocycles. The van der Waals surface area contributed by atoms with Crippen molar-refractivity contribution in [2.75, 3.05) is 63.2 Å². The first kappa shape index (κ1) is 23.4. The van der Waals surface area contributed by atoms with Crippen molar-refractivity contribution in [3.8, 4) is 6.01 Å². The van der Waals surface area contributed by atoms with Gasteiger partial charge in [-0.2, -0.15) is 9.97 Å². The summed E-state index contributed by atoms with van der Waals surface area (Å²) in [4.78, 5) is 28.0. The molecule has 0 saturated carbocycles. The lowest BCUT2D eigenvalue weighted by Gasteiger charge is -2.35. The van der Waals surface area contributed by atoms with E-state index >= 15 is 0 Å². The number of benzene rings is 2. The van der Waals surface area contributed by atoms with E-state index in [2.05, 4.69) is 58.4 Å². The third-order valence-corrected chi connectivity index (χ3v) is 6.92. The van der Waals surface area contributed by atoms with Crippen molar-refractivity contribution in [2.45, 2.75) is 26.3 Å². The van der Waals surface area contributed by atoms with E-state index in [-0.39, 0.29) is 12.5 Å². The van der Waals surface area contributed by atoms with Crippen molar-refractivity contribution in [1.82, 2.24) is 20.2 Å². The predicted octanol–water partition coefficient (Wildman–Crippen LogP) is 2.77. The minimum Gasteiger partial charge on any atom is -0.463 e. The van der Waals surface area contributed by atoms with Crippen molar-refractivity contribution in [1.29, 1.82) is 0 Å². The molecular formula is C27H34N6O2. The van der Waals surface area contributed by atoms with Gasteiger partial charge in [0.1, 0.15) is 12.4 Å². The number of piperazine rings is 1. The number of carbonyl (C=O) groups is 1. The zero-order chi connectivity index (χ0) is 24.4. The quantitative estimate of drug-likeness (QED) is 0.589. The van der Waals surface area contributed by atoms with Gasteiger partial charge in [-0.25, -0.2) is 0 Å². The molecule has 2 aliphatic heterocycles. The molecule has 1 fully saturated rings. The Morgan fingerprint density at radius 3 is 2.60 bits per heavy atom. The third kappa shape index (κ3) is 4.89. The fourth-order valence-corrected chi connectivity index (χ4v) is 5.02. The zero-order valence-corrected chi connectivity index (χ0v) is 20.9. The van der Waals surface area contributed by atoms with Crippen molar-refractivity contribution >= 4 is 28.2 Å². The molecule has 0 aliphatic carbocycles. The summed E-state index contributed by atoms with van der Waals surface area (Å²) in [5.74, 6) is 1.02. The van der Waals surface area contributed by atoms with E-state index < -0.39 is 0 Å². The molecule has 8 nitrogen and oxygen atoms in total. The van der Waals surface area contributed by atoms with Gasteiger partial charge in [0, 0.05) is 63.5 Å². The topological polar surface area (TPSA) is 73.8 Å². The molecule has 2 aliphatic rings. The molecule has 3 aromatic rings. The summed E-state index contributed by atoms with van der Waals surface area (Å²) in [7, 11) is 3.51. The number of rotatable bonds is 6. The molecule has 3 heterocycles. The first-order valence-corrected chi connectivity index (χ1v) is 12.4. The highest BCUT2D eigenvalue weighted by molar-refractivity contribution is 5.97. The first-order chi connectivity index (χ1) is 17.0. The average molecular weight is 475 g/mol. The predicted molar refractivity (Wildman–Crippen MR) is 139 cm³/mol. The van der Waals surface area contributed by atoms with E-state index in [1.54, 1.807) is 19.0 Å². The van der Waals surface area contributed by atoms with Crippen LogP contribution in [0, 0.1) is 6.92 Å². The number of ether oxygens (including phenoxy) is 1.